The minimum absolute atomic E-state index is 0.436. The Kier molecular flexibility index (Phi) is 6.02. The first-order valence-corrected chi connectivity index (χ1v) is 12.5. The summed E-state index contributed by atoms with van der Waals surface area (Å²) in [5.74, 6) is 1.34. The third-order valence-corrected chi connectivity index (χ3v) is 6.92. The van der Waals surface area contributed by atoms with Crippen LogP contribution in [0.4, 0.5) is 17.3 Å². The summed E-state index contributed by atoms with van der Waals surface area (Å²) in [6.45, 7) is 5.04. The Morgan fingerprint density at radius 3 is 2.84 bits per heavy atom. The molecule has 1 atom stereocenters. The van der Waals surface area contributed by atoms with Crippen LogP contribution >= 0.6 is 0 Å². The fourth-order valence-corrected chi connectivity index (χ4v) is 5.10. The smallest absolute Gasteiger partial charge is 0.227 e. The van der Waals surface area contributed by atoms with Crippen LogP contribution in [0.5, 0.6) is 5.75 Å². The summed E-state index contributed by atoms with van der Waals surface area (Å²) in [7, 11) is 3.76. The van der Waals surface area contributed by atoms with Crippen LogP contribution in [0.25, 0.3) is 33.3 Å². The number of methoxy groups -OCH3 is 1. The van der Waals surface area contributed by atoms with E-state index < -0.39 is 0 Å². The maximum absolute atomic E-state index is 5.77. The van der Waals surface area contributed by atoms with E-state index in [-0.39, 0.29) is 0 Å². The SMILES string of the molecule is COc1cc(Nc2ncc(-c3ccoc3)c(-c3cn(C)c4ccccc34)n2)ccc1N1CCN[C@@H](C)C1. The quantitative estimate of drug-likeness (QED) is 0.325. The molecule has 0 spiro atoms. The first kappa shape index (κ1) is 23.1. The van der Waals surface area contributed by atoms with Crippen molar-refractivity contribution in [3.05, 3.63) is 73.5 Å². The number of benzene rings is 2. The molecule has 1 aliphatic rings. The number of ether oxygens (including phenoxy) is 1. The van der Waals surface area contributed by atoms with Crippen LogP contribution in [0.15, 0.2) is 77.9 Å². The van der Waals surface area contributed by atoms with Gasteiger partial charge >= 0.3 is 0 Å². The van der Waals surface area contributed by atoms with Crippen LogP contribution in [0.2, 0.25) is 0 Å². The second-order valence-corrected chi connectivity index (χ2v) is 9.45. The van der Waals surface area contributed by atoms with Gasteiger partial charge in [0, 0.05) is 84.5 Å². The zero-order valence-electron chi connectivity index (χ0n) is 21.2. The summed E-state index contributed by atoms with van der Waals surface area (Å²) in [5.41, 5.74) is 6.83. The van der Waals surface area contributed by atoms with Crippen LogP contribution in [-0.2, 0) is 7.05 Å². The molecule has 8 heteroatoms. The van der Waals surface area contributed by atoms with Gasteiger partial charge in [0.05, 0.1) is 31.0 Å². The summed E-state index contributed by atoms with van der Waals surface area (Å²) in [4.78, 5) is 12.0. The lowest BCUT2D eigenvalue weighted by molar-refractivity contribution is 0.410. The van der Waals surface area contributed by atoms with Crippen LogP contribution < -0.4 is 20.3 Å². The predicted octanol–water partition coefficient (Wildman–Crippen LogP) is 5.45. The van der Waals surface area contributed by atoms with E-state index in [0.29, 0.717) is 12.0 Å². The first-order chi connectivity index (χ1) is 18.1. The maximum Gasteiger partial charge on any atom is 0.227 e. The third kappa shape index (κ3) is 4.40. The molecule has 0 saturated carbocycles. The third-order valence-electron chi connectivity index (χ3n) is 6.92. The van der Waals surface area contributed by atoms with Crippen molar-refractivity contribution in [3.63, 3.8) is 0 Å². The Morgan fingerprint density at radius 1 is 1.14 bits per heavy atom. The van der Waals surface area contributed by atoms with Gasteiger partial charge in [0.1, 0.15) is 5.75 Å². The number of hydrogen-bond donors (Lipinski definition) is 2. The van der Waals surface area contributed by atoms with E-state index >= 15 is 0 Å². The summed E-state index contributed by atoms with van der Waals surface area (Å²) in [6.07, 6.45) is 7.36. The molecule has 0 amide bonds. The average Bonchev–Trinajstić information content (AvgIpc) is 3.57. The number of nitrogens with one attached hydrogen (secondary N) is 2. The van der Waals surface area contributed by atoms with Gasteiger partial charge in [0.25, 0.3) is 0 Å². The van der Waals surface area contributed by atoms with Crippen molar-refractivity contribution < 1.29 is 9.15 Å². The van der Waals surface area contributed by atoms with E-state index in [2.05, 4.69) is 75.6 Å². The highest BCUT2D eigenvalue weighted by molar-refractivity contribution is 5.98. The van der Waals surface area contributed by atoms with Gasteiger partial charge < -0.3 is 29.3 Å². The minimum Gasteiger partial charge on any atom is -0.495 e. The van der Waals surface area contributed by atoms with Gasteiger partial charge in [-0.3, -0.25) is 0 Å². The van der Waals surface area contributed by atoms with Crippen LogP contribution in [0.1, 0.15) is 6.92 Å². The van der Waals surface area contributed by atoms with Gasteiger partial charge in [-0.15, -0.1) is 0 Å². The molecule has 1 saturated heterocycles. The van der Waals surface area contributed by atoms with Crippen LogP contribution in [-0.4, -0.2) is 47.3 Å². The molecule has 0 bridgehead atoms. The van der Waals surface area contributed by atoms with Crippen molar-refractivity contribution in [3.8, 4) is 28.1 Å². The van der Waals surface area contributed by atoms with E-state index in [4.69, 9.17) is 14.1 Å². The Bertz CT molecular complexity index is 1540. The van der Waals surface area contributed by atoms with Crippen molar-refractivity contribution in [2.24, 2.45) is 7.05 Å². The minimum atomic E-state index is 0.436. The lowest BCUT2D eigenvalue weighted by atomic mass is 10.0. The molecule has 0 aliphatic carbocycles. The van der Waals surface area contributed by atoms with E-state index in [0.717, 1.165) is 70.0 Å². The van der Waals surface area contributed by atoms with Crippen molar-refractivity contribution in [1.29, 1.82) is 0 Å². The van der Waals surface area contributed by atoms with Crippen molar-refractivity contribution in [2.45, 2.75) is 13.0 Å². The molecule has 0 radical (unpaired) electrons. The Labute approximate surface area is 215 Å². The van der Waals surface area contributed by atoms with E-state index in [1.807, 2.05) is 24.4 Å². The number of piperazine rings is 1. The number of hydrogen-bond acceptors (Lipinski definition) is 7. The topological polar surface area (TPSA) is 80.4 Å². The Morgan fingerprint density at radius 2 is 2.03 bits per heavy atom. The molecule has 188 valence electrons. The molecule has 1 fully saturated rings. The Balaban J connectivity index is 1.38. The predicted molar refractivity (Wildman–Crippen MR) is 148 cm³/mol. The zero-order chi connectivity index (χ0) is 25.4. The van der Waals surface area contributed by atoms with Gasteiger partial charge in [-0.2, -0.15) is 0 Å². The summed E-state index contributed by atoms with van der Waals surface area (Å²) < 4.78 is 13.3. The number of fused-ring (bicyclic) bond motifs is 1. The van der Waals surface area contributed by atoms with Gasteiger partial charge in [-0.25, -0.2) is 9.97 Å². The number of nitrogens with zero attached hydrogens (tertiary/aromatic N) is 4. The summed E-state index contributed by atoms with van der Waals surface area (Å²) in [5, 5.41) is 8.02. The van der Waals surface area contributed by atoms with Gasteiger partial charge in [-0.1, -0.05) is 18.2 Å². The number of aromatic nitrogens is 3. The molecule has 1 aliphatic heterocycles. The van der Waals surface area contributed by atoms with Crippen molar-refractivity contribution >= 4 is 28.2 Å². The summed E-state index contributed by atoms with van der Waals surface area (Å²) in [6, 6.07) is 16.9. The fraction of sp³-hybridized carbons (Fsp3) is 0.241. The lowest BCUT2D eigenvalue weighted by Crippen LogP contribution is -2.49. The fourth-order valence-electron chi connectivity index (χ4n) is 5.10. The molecule has 4 heterocycles. The molecule has 37 heavy (non-hydrogen) atoms. The van der Waals surface area contributed by atoms with E-state index in [1.165, 1.54) is 0 Å². The average molecular weight is 495 g/mol. The molecule has 5 aromatic rings. The molecule has 8 nitrogen and oxygen atoms in total. The Hall–Kier alpha value is -4.30. The highest BCUT2D eigenvalue weighted by Crippen LogP contribution is 2.37. The second kappa shape index (κ2) is 9.63. The van der Waals surface area contributed by atoms with Crippen LogP contribution in [0.3, 0.4) is 0 Å². The molecule has 6 rings (SSSR count). The van der Waals surface area contributed by atoms with Gasteiger partial charge in [0.15, 0.2) is 0 Å². The number of aryl methyl sites for hydroxylation is 1. The lowest BCUT2D eigenvalue weighted by Gasteiger charge is -2.34. The number of furan rings is 1. The highest BCUT2D eigenvalue weighted by atomic mass is 16.5. The van der Waals surface area contributed by atoms with E-state index in [9.17, 15) is 0 Å². The molecule has 2 aromatic carbocycles. The normalized spacial score (nSPS) is 15.8. The first-order valence-electron chi connectivity index (χ1n) is 12.5. The molecule has 3 aromatic heterocycles. The molecular weight excluding hydrogens is 464 g/mol. The largest absolute Gasteiger partial charge is 0.495 e. The molecule has 2 N–H and O–H groups in total. The van der Waals surface area contributed by atoms with Crippen molar-refractivity contribution in [1.82, 2.24) is 19.9 Å². The second-order valence-electron chi connectivity index (χ2n) is 9.45. The molecule has 0 unspecified atom stereocenters. The molecular formula is C29H30N6O2. The van der Waals surface area contributed by atoms with E-state index in [1.54, 1.807) is 19.6 Å². The monoisotopic (exact) mass is 494 g/mol. The summed E-state index contributed by atoms with van der Waals surface area (Å²) >= 11 is 0. The number of para-hydroxylation sites is 1. The number of rotatable bonds is 6. The van der Waals surface area contributed by atoms with Gasteiger partial charge in [-0.05, 0) is 31.2 Å². The van der Waals surface area contributed by atoms with Crippen molar-refractivity contribution in [2.75, 3.05) is 37.0 Å². The standard InChI is InChI=1S/C29H30N6O2/c1-19-16-35(12-11-30-19)26-9-8-21(14-27(26)36-3)32-29-31-15-23(20-10-13-37-18-20)28(33-29)24-17-34(2)25-7-5-4-6-22(24)25/h4-10,13-15,17-19,30H,11-12,16H2,1-3H3,(H,31,32,33)/t19-/m0/s1. The highest BCUT2D eigenvalue weighted by Gasteiger charge is 2.20. The van der Waals surface area contributed by atoms with Crippen LogP contribution in [0, 0.1) is 0 Å². The van der Waals surface area contributed by atoms with Gasteiger partial charge in [0.2, 0.25) is 5.95 Å². The maximum atomic E-state index is 5.77. The zero-order valence-corrected chi connectivity index (χ0v) is 21.2. The number of anilines is 3.